The van der Waals surface area contributed by atoms with Crippen LogP contribution in [0.3, 0.4) is 0 Å². The van der Waals surface area contributed by atoms with Gasteiger partial charge in [0.2, 0.25) is 17.7 Å². The van der Waals surface area contributed by atoms with Crippen molar-refractivity contribution < 1.29 is 42.9 Å². The monoisotopic (exact) mass is 1030 g/mol. The van der Waals surface area contributed by atoms with Crippen molar-refractivity contribution in [3.63, 3.8) is 0 Å². The van der Waals surface area contributed by atoms with E-state index in [0.29, 0.717) is 80.9 Å². The average Bonchev–Trinajstić information content (AvgIpc) is 4.04. The van der Waals surface area contributed by atoms with Crippen LogP contribution in [0, 0.1) is 0 Å². The molecule has 0 spiro atoms. The average molecular weight is 1040 g/mol. The molecule has 0 aliphatic carbocycles. The van der Waals surface area contributed by atoms with Gasteiger partial charge in [0, 0.05) is 78.6 Å². The summed E-state index contributed by atoms with van der Waals surface area (Å²) in [5.41, 5.74) is 4.44. The zero-order chi connectivity index (χ0) is 50.8. The quantitative estimate of drug-likeness (QED) is 0.0239. The minimum atomic E-state index is -0.716. The van der Waals surface area contributed by atoms with E-state index in [-0.39, 0.29) is 67.9 Å². The highest BCUT2D eigenvalue weighted by Gasteiger charge is 2.40. The summed E-state index contributed by atoms with van der Waals surface area (Å²) >= 11 is 0. The van der Waals surface area contributed by atoms with E-state index >= 15 is 0 Å². The Labute approximate surface area is 437 Å². The van der Waals surface area contributed by atoms with Crippen molar-refractivity contribution in [2.24, 2.45) is 0 Å². The van der Waals surface area contributed by atoms with E-state index in [1.807, 2.05) is 67.6 Å². The van der Waals surface area contributed by atoms with E-state index in [1.165, 1.54) is 4.90 Å². The number of nitrogens with one attached hydrogen (secondary N) is 6. The van der Waals surface area contributed by atoms with E-state index in [0.717, 1.165) is 80.0 Å². The standard InChI is InChI=1S/C54H66N10O9.ClH/c1-37(57-50(67)40-9-6-10-41(35-40)61-54(22-26-56-27-23-54)53-60-49(62-63-53)39-20-24-55-25-21-39)38-14-16-42(17-15-38)73-30-5-3-2-4-28-70-31-33-72-34-32-71-29-8-13-47(65)58-45-12-7-11-43-44(45)36-64(52(43)69)46-18-19-48(66)59-51(46)68;/h6-7,9-12,14-17,20-21,24-25,35,37,46,56,61H,2-5,8,13,18-19,22-23,26-34,36H2,1H3,(H,57,67)(H,58,65)(H,59,66,68)(H,60,62,63);1H/t37-,46?;/m1./s1. The predicted octanol–water partition coefficient (Wildman–Crippen LogP) is 6.64. The molecule has 3 aromatic carbocycles. The number of aromatic amines is 1. The molecule has 5 aromatic rings. The van der Waals surface area contributed by atoms with Gasteiger partial charge in [0.05, 0.1) is 44.6 Å². The minimum Gasteiger partial charge on any atom is -0.494 e. The highest BCUT2D eigenvalue weighted by Crippen LogP contribution is 2.35. The van der Waals surface area contributed by atoms with Crippen molar-refractivity contribution in [1.82, 2.24) is 41.0 Å². The van der Waals surface area contributed by atoms with Crippen molar-refractivity contribution in [2.45, 2.75) is 95.3 Å². The molecule has 2 fully saturated rings. The molecule has 2 atom stereocenters. The number of halogens is 1. The normalized spacial score (nSPS) is 16.4. The first-order chi connectivity index (χ1) is 35.7. The SMILES string of the molecule is C[C@@H](NC(=O)c1cccc(NC2(c3nc(-c4ccncc4)n[nH]3)CCNCC2)c1)c1ccc(OCCCCCCOCCOCCOCCCC(=O)Nc2cccc3c2CN(C2CCC(=O)NC2=O)C3=O)cc1.Cl. The zero-order valence-electron chi connectivity index (χ0n) is 41.8. The van der Waals surface area contributed by atoms with Gasteiger partial charge < -0.3 is 45.1 Å². The van der Waals surface area contributed by atoms with Crippen LogP contribution in [0.1, 0.15) is 115 Å². The molecule has 1 unspecified atom stereocenters. The molecule has 5 heterocycles. The molecular weight excluding hydrogens is 968 g/mol. The molecule has 3 aliphatic heterocycles. The van der Waals surface area contributed by atoms with Gasteiger partial charge in [-0.1, -0.05) is 30.7 Å². The van der Waals surface area contributed by atoms with Gasteiger partial charge in [0.1, 0.15) is 11.8 Å². The Balaban J connectivity index is 0.00000800. The van der Waals surface area contributed by atoms with Gasteiger partial charge in [-0.25, -0.2) is 4.98 Å². The number of fused-ring (bicyclic) bond motifs is 1. The minimum absolute atomic E-state index is 0. The van der Waals surface area contributed by atoms with E-state index in [9.17, 15) is 24.0 Å². The number of hydrogen-bond acceptors (Lipinski definition) is 14. The van der Waals surface area contributed by atoms with Crippen molar-refractivity contribution >= 4 is 53.3 Å². The molecule has 2 saturated heterocycles. The first kappa shape index (κ1) is 55.0. The smallest absolute Gasteiger partial charge is 0.255 e. The highest BCUT2D eigenvalue weighted by molar-refractivity contribution is 6.07. The van der Waals surface area contributed by atoms with Crippen LogP contribution in [0.4, 0.5) is 11.4 Å². The Morgan fingerprint density at radius 3 is 2.27 bits per heavy atom. The molecule has 0 saturated carbocycles. The summed E-state index contributed by atoms with van der Waals surface area (Å²) in [5, 5.41) is 23.2. The summed E-state index contributed by atoms with van der Waals surface area (Å²) in [4.78, 5) is 73.7. The van der Waals surface area contributed by atoms with Crippen molar-refractivity contribution in [1.29, 1.82) is 0 Å². The molecule has 0 radical (unpaired) electrons. The maximum atomic E-state index is 13.5. The fourth-order valence-electron chi connectivity index (χ4n) is 9.25. The molecule has 2 aromatic heterocycles. The third kappa shape index (κ3) is 14.9. The second-order valence-corrected chi connectivity index (χ2v) is 18.5. The van der Waals surface area contributed by atoms with Gasteiger partial charge in [0.15, 0.2) is 11.6 Å². The molecule has 20 heteroatoms. The third-order valence-corrected chi connectivity index (χ3v) is 13.3. The molecule has 394 valence electrons. The van der Waals surface area contributed by atoms with Crippen molar-refractivity contribution in [2.75, 3.05) is 70.0 Å². The van der Waals surface area contributed by atoms with Crippen LogP contribution in [0.25, 0.3) is 11.4 Å². The lowest BCUT2D eigenvalue weighted by Crippen LogP contribution is -2.52. The number of carbonyl (C=O) groups excluding carboxylic acids is 5. The molecule has 6 N–H and O–H groups in total. The zero-order valence-corrected chi connectivity index (χ0v) is 42.6. The second kappa shape index (κ2) is 27.5. The number of anilines is 2. The number of H-pyrrole nitrogens is 1. The maximum Gasteiger partial charge on any atom is 0.255 e. The molecule has 0 bridgehead atoms. The number of carbonyl (C=O) groups is 5. The van der Waals surface area contributed by atoms with Crippen LogP contribution in [-0.2, 0) is 40.7 Å². The molecule has 74 heavy (non-hydrogen) atoms. The van der Waals surface area contributed by atoms with Crippen LogP contribution in [-0.4, -0.2) is 120 Å². The lowest BCUT2D eigenvalue weighted by Gasteiger charge is -2.37. The Bertz CT molecular complexity index is 2650. The Hall–Kier alpha value is -6.77. The molecule has 5 amide bonds. The van der Waals surface area contributed by atoms with Crippen LogP contribution < -0.4 is 31.3 Å². The van der Waals surface area contributed by atoms with Gasteiger partial charge in [-0.15, -0.1) is 12.4 Å². The number of hydrogen-bond donors (Lipinski definition) is 6. The number of benzene rings is 3. The third-order valence-electron chi connectivity index (χ3n) is 13.3. The summed E-state index contributed by atoms with van der Waals surface area (Å²) in [6.45, 7) is 7.30. The first-order valence-corrected chi connectivity index (χ1v) is 25.4. The number of pyridine rings is 1. The fourth-order valence-corrected chi connectivity index (χ4v) is 9.25. The highest BCUT2D eigenvalue weighted by atomic mass is 35.5. The summed E-state index contributed by atoms with van der Waals surface area (Å²) in [6, 6.07) is 23.4. The van der Waals surface area contributed by atoms with Crippen LogP contribution in [0.5, 0.6) is 5.75 Å². The molecule has 19 nitrogen and oxygen atoms in total. The number of rotatable bonds is 27. The lowest BCUT2D eigenvalue weighted by atomic mass is 9.87. The van der Waals surface area contributed by atoms with Gasteiger partial charge in [-0.05, 0) is 125 Å². The van der Waals surface area contributed by atoms with Gasteiger partial charge in [-0.3, -0.25) is 39.4 Å². The second-order valence-electron chi connectivity index (χ2n) is 18.5. The van der Waals surface area contributed by atoms with Crippen LogP contribution in [0.15, 0.2) is 91.3 Å². The van der Waals surface area contributed by atoms with Gasteiger partial charge in [-0.2, -0.15) is 5.10 Å². The Morgan fingerprint density at radius 1 is 0.824 bits per heavy atom. The van der Waals surface area contributed by atoms with Crippen molar-refractivity contribution in [3.05, 3.63) is 119 Å². The number of imide groups is 1. The molecule has 8 rings (SSSR count). The largest absolute Gasteiger partial charge is 0.494 e. The lowest BCUT2D eigenvalue weighted by molar-refractivity contribution is -0.137. The predicted molar refractivity (Wildman–Crippen MR) is 280 cm³/mol. The van der Waals surface area contributed by atoms with Crippen LogP contribution >= 0.6 is 12.4 Å². The number of nitrogens with zero attached hydrogens (tertiary/aromatic N) is 4. The van der Waals surface area contributed by atoms with Gasteiger partial charge in [0.25, 0.3) is 11.8 Å². The number of amides is 5. The Kier molecular flexibility index (Phi) is 20.4. The van der Waals surface area contributed by atoms with E-state index in [2.05, 4.69) is 41.8 Å². The van der Waals surface area contributed by atoms with E-state index in [1.54, 1.807) is 30.6 Å². The van der Waals surface area contributed by atoms with Gasteiger partial charge >= 0.3 is 0 Å². The summed E-state index contributed by atoms with van der Waals surface area (Å²) < 4.78 is 23.0. The topological polar surface area (TPSA) is 240 Å². The Morgan fingerprint density at radius 2 is 1.53 bits per heavy atom. The number of aromatic nitrogens is 4. The van der Waals surface area contributed by atoms with E-state index in [4.69, 9.17) is 23.9 Å². The number of piperidine rings is 2. The number of unbranched alkanes of at least 4 members (excludes halogenated alkanes) is 3. The molecule has 3 aliphatic rings. The molecular formula is C54H67ClN10O9. The van der Waals surface area contributed by atoms with Crippen molar-refractivity contribution in [3.8, 4) is 17.1 Å². The summed E-state index contributed by atoms with van der Waals surface area (Å²) in [7, 11) is 0. The number of ether oxygens (including phenoxy) is 4. The maximum absolute atomic E-state index is 13.5. The fraction of sp³-hybridized carbons (Fsp3) is 0.444. The van der Waals surface area contributed by atoms with E-state index < -0.39 is 17.5 Å². The van der Waals surface area contributed by atoms with Crippen LogP contribution in [0.2, 0.25) is 0 Å². The summed E-state index contributed by atoms with van der Waals surface area (Å²) in [6.07, 6.45) is 10.2. The summed E-state index contributed by atoms with van der Waals surface area (Å²) in [5.74, 6) is 0.716. The first-order valence-electron chi connectivity index (χ1n) is 25.4.